The summed E-state index contributed by atoms with van der Waals surface area (Å²) < 4.78 is 7.20. The van der Waals surface area contributed by atoms with E-state index in [0.29, 0.717) is 6.54 Å². The average molecular weight is 494 g/mol. The number of nitrogens with one attached hydrogen (secondary N) is 1. The number of hydrogen-bond acceptors (Lipinski definition) is 8. The number of likely N-dealkylation sites (N-methyl/N-ethyl adjacent to an activating group) is 1. The monoisotopic (exact) mass is 493 g/mol. The SMILES string of the molecule is CO[C@H](C)CN(C)C(=O)[C@H]1CCc2c(sc3ncnc(Nc4cc5ccnn5cc4N(C)C)c23)C1. The van der Waals surface area contributed by atoms with Gasteiger partial charge in [0.15, 0.2) is 0 Å². The van der Waals surface area contributed by atoms with Crippen molar-refractivity contribution < 1.29 is 9.53 Å². The molecule has 0 radical (unpaired) electrons. The Morgan fingerprint density at radius 3 is 2.94 bits per heavy atom. The zero-order chi connectivity index (χ0) is 24.7. The number of carbonyl (C=O) groups excluding carboxylic acids is 1. The number of amides is 1. The van der Waals surface area contributed by atoms with Crippen LogP contribution in [0.4, 0.5) is 17.2 Å². The summed E-state index contributed by atoms with van der Waals surface area (Å²) >= 11 is 1.68. The van der Waals surface area contributed by atoms with E-state index in [9.17, 15) is 4.79 Å². The van der Waals surface area contributed by atoms with Crippen molar-refractivity contribution in [2.75, 3.05) is 45.0 Å². The van der Waals surface area contributed by atoms with Crippen LogP contribution < -0.4 is 10.2 Å². The van der Waals surface area contributed by atoms with Crippen LogP contribution >= 0.6 is 11.3 Å². The fourth-order valence-electron chi connectivity index (χ4n) is 4.82. The number of nitrogens with zero attached hydrogens (tertiary/aromatic N) is 6. The molecule has 10 heteroatoms. The predicted molar refractivity (Wildman–Crippen MR) is 140 cm³/mol. The van der Waals surface area contributed by atoms with Crippen LogP contribution in [0.3, 0.4) is 0 Å². The first kappa shape index (κ1) is 23.5. The number of carbonyl (C=O) groups is 1. The highest BCUT2D eigenvalue weighted by atomic mass is 32.1. The number of anilines is 3. The first-order chi connectivity index (χ1) is 16.9. The molecule has 9 nitrogen and oxygen atoms in total. The fraction of sp³-hybridized carbons (Fsp3) is 0.440. The Balaban J connectivity index is 1.45. The molecule has 0 saturated heterocycles. The van der Waals surface area contributed by atoms with Gasteiger partial charge in [-0.15, -0.1) is 11.3 Å². The molecule has 4 aromatic heterocycles. The molecule has 0 aromatic carbocycles. The van der Waals surface area contributed by atoms with Gasteiger partial charge in [-0.3, -0.25) is 4.79 Å². The summed E-state index contributed by atoms with van der Waals surface area (Å²) in [6, 6.07) is 4.06. The maximum Gasteiger partial charge on any atom is 0.225 e. The molecule has 35 heavy (non-hydrogen) atoms. The second-order valence-corrected chi connectivity index (χ2v) is 10.5. The third kappa shape index (κ3) is 4.43. The molecule has 0 aliphatic heterocycles. The summed E-state index contributed by atoms with van der Waals surface area (Å²) in [7, 11) is 7.57. The van der Waals surface area contributed by atoms with Gasteiger partial charge in [0.25, 0.3) is 0 Å². The van der Waals surface area contributed by atoms with Gasteiger partial charge in [-0.2, -0.15) is 5.10 Å². The molecule has 1 aliphatic carbocycles. The van der Waals surface area contributed by atoms with Gasteiger partial charge >= 0.3 is 0 Å². The molecule has 5 rings (SSSR count). The number of hydrogen-bond donors (Lipinski definition) is 1. The summed E-state index contributed by atoms with van der Waals surface area (Å²) in [6.45, 7) is 2.58. The molecular formula is C25H31N7O2S. The Morgan fingerprint density at radius 1 is 1.34 bits per heavy atom. The average Bonchev–Trinajstić information content (AvgIpc) is 3.46. The number of ether oxygens (including phenoxy) is 1. The van der Waals surface area contributed by atoms with Crippen LogP contribution in [-0.2, 0) is 22.4 Å². The second-order valence-electron chi connectivity index (χ2n) is 9.40. The Bertz CT molecular complexity index is 1380. The Kier molecular flexibility index (Phi) is 6.33. The van der Waals surface area contributed by atoms with Crippen molar-refractivity contribution in [2.24, 2.45) is 5.92 Å². The van der Waals surface area contributed by atoms with Crippen molar-refractivity contribution in [3.63, 3.8) is 0 Å². The third-order valence-electron chi connectivity index (χ3n) is 6.75. The molecule has 0 spiro atoms. The van der Waals surface area contributed by atoms with E-state index in [4.69, 9.17) is 4.74 Å². The summed E-state index contributed by atoms with van der Waals surface area (Å²) in [4.78, 5) is 28.4. The minimum absolute atomic E-state index is 0.0152. The van der Waals surface area contributed by atoms with Crippen molar-refractivity contribution in [1.29, 1.82) is 0 Å². The number of thiophene rings is 1. The minimum atomic E-state index is -0.0152. The number of pyridine rings is 1. The van der Waals surface area contributed by atoms with Crippen LogP contribution in [0, 0.1) is 5.92 Å². The molecule has 1 N–H and O–H groups in total. The van der Waals surface area contributed by atoms with Crippen LogP contribution in [0.2, 0.25) is 0 Å². The molecule has 0 unspecified atom stereocenters. The summed E-state index contributed by atoms with van der Waals surface area (Å²) in [5, 5.41) is 9.01. The second kappa shape index (κ2) is 9.43. The summed E-state index contributed by atoms with van der Waals surface area (Å²) in [5.41, 5.74) is 4.24. The van der Waals surface area contributed by atoms with Crippen molar-refractivity contribution in [3.05, 3.63) is 41.3 Å². The lowest BCUT2D eigenvalue weighted by Gasteiger charge is -2.28. The number of rotatable bonds is 7. The van der Waals surface area contributed by atoms with Crippen LogP contribution in [0.15, 0.2) is 30.9 Å². The topological polar surface area (TPSA) is 87.9 Å². The standard InChI is InChI=1S/C25H31N7O2S/c1-15(34-5)12-31(4)25(33)16-6-7-18-21(10-16)35-24-22(18)23(26-14-27-24)29-19-11-17-8-9-28-32(17)13-20(19)30(2)3/h8-9,11,13-16H,6-7,10,12H2,1-5H3,(H,26,27,29)/t15-,16+/m1/s1. The number of fused-ring (bicyclic) bond motifs is 4. The Hall–Kier alpha value is -3.24. The van der Waals surface area contributed by atoms with Crippen LogP contribution in [-0.4, -0.2) is 71.3 Å². The van der Waals surface area contributed by atoms with E-state index in [0.717, 1.165) is 52.2 Å². The number of aromatic nitrogens is 4. The van der Waals surface area contributed by atoms with Crippen LogP contribution in [0.25, 0.3) is 15.7 Å². The van der Waals surface area contributed by atoms with E-state index < -0.39 is 0 Å². The molecule has 1 amide bonds. The van der Waals surface area contributed by atoms with Crippen molar-refractivity contribution in [1.82, 2.24) is 24.5 Å². The molecular weight excluding hydrogens is 462 g/mol. The molecule has 0 saturated carbocycles. The molecule has 4 heterocycles. The Labute approximate surface area is 208 Å². The number of methoxy groups -OCH3 is 1. The van der Waals surface area contributed by atoms with Gasteiger partial charge in [0.1, 0.15) is 17.0 Å². The lowest BCUT2D eigenvalue weighted by Crippen LogP contribution is -2.39. The normalized spacial score (nSPS) is 16.3. The van der Waals surface area contributed by atoms with Crippen molar-refractivity contribution in [2.45, 2.75) is 32.3 Å². The molecule has 184 valence electrons. The smallest absolute Gasteiger partial charge is 0.225 e. The first-order valence-electron chi connectivity index (χ1n) is 11.8. The van der Waals surface area contributed by atoms with E-state index in [-0.39, 0.29) is 17.9 Å². The molecule has 4 aromatic rings. The highest BCUT2D eigenvalue weighted by molar-refractivity contribution is 7.19. The van der Waals surface area contributed by atoms with Gasteiger partial charge < -0.3 is 19.9 Å². The maximum atomic E-state index is 13.1. The van der Waals surface area contributed by atoms with E-state index in [1.807, 2.05) is 44.8 Å². The van der Waals surface area contributed by atoms with E-state index in [1.54, 1.807) is 35.9 Å². The van der Waals surface area contributed by atoms with Gasteiger partial charge in [0, 0.05) is 51.8 Å². The predicted octanol–water partition coefficient (Wildman–Crippen LogP) is 3.75. The zero-order valence-corrected chi connectivity index (χ0v) is 21.6. The highest BCUT2D eigenvalue weighted by Gasteiger charge is 2.31. The van der Waals surface area contributed by atoms with Gasteiger partial charge in [-0.05, 0) is 43.9 Å². The lowest BCUT2D eigenvalue weighted by atomic mass is 9.87. The molecule has 2 atom stereocenters. The van der Waals surface area contributed by atoms with Crippen LogP contribution in [0.5, 0.6) is 0 Å². The molecule has 0 bridgehead atoms. The maximum absolute atomic E-state index is 13.1. The van der Waals surface area contributed by atoms with E-state index >= 15 is 0 Å². The molecule has 1 aliphatic rings. The quantitative estimate of drug-likeness (QED) is 0.420. The van der Waals surface area contributed by atoms with Gasteiger partial charge in [0.2, 0.25) is 5.91 Å². The van der Waals surface area contributed by atoms with Gasteiger partial charge in [0.05, 0.1) is 34.6 Å². The van der Waals surface area contributed by atoms with E-state index in [2.05, 4.69) is 31.3 Å². The third-order valence-corrected chi connectivity index (χ3v) is 7.92. The van der Waals surface area contributed by atoms with Crippen molar-refractivity contribution in [3.8, 4) is 0 Å². The first-order valence-corrected chi connectivity index (χ1v) is 12.6. The van der Waals surface area contributed by atoms with E-state index in [1.165, 1.54) is 10.4 Å². The van der Waals surface area contributed by atoms with Crippen molar-refractivity contribution >= 4 is 50.2 Å². The number of aryl methyl sites for hydroxylation is 1. The zero-order valence-electron chi connectivity index (χ0n) is 20.8. The highest BCUT2D eigenvalue weighted by Crippen LogP contribution is 2.41. The largest absolute Gasteiger partial charge is 0.380 e. The fourth-order valence-corrected chi connectivity index (χ4v) is 6.08. The van der Waals surface area contributed by atoms with Gasteiger partial charge in [-0.25, -0.2) is 14.5 Å². The lowest BCUT2D eigenvalue weighted by molar-refractivity contribution is -0.135. The van der Waals surface area contributed by atoms with Gasteiger partial charge in [-0.1, -0.05) is 0 Å². The summed E-state index contributed by atoms with van der Waals surface area (Å²) in [6.07, 6.45) is 7.84. The van der Waals surface area contributed by atoms with Crippen LogP contribution in [0.1, 0.15) is 23.8 Å². The molecule has 0 fully saturated rings. The summed E-state index contributed by atoms with van der Waals surface area (Å²) in [5.74, 6) is 0.972. The minimum Gasteiger partial charge on any atom is -0.380 e. The Morgan fingerprint density at radius 2 is 2.17 bits per heavy atom.